The van der Waals surface area contributed by atoms with Crippen molar-refractivity contribution in [1.82, 2.24) is 19.9 Å². The third-order valence-electron chi connectivity index (χ3n) is 5.12. The zero-order valence-electron chi connectivity index (χ0n) is 16.2. The van der Waals surface area contributed by atoms with E-state index in [0.717, 1.165) is 35.5 Å². The summed E-state index contributed by atoms with van der Waals surface area (Å²) in [5, 5.41) is 3.38. The van der Waals surface area contributed by atoms with Gasteiger partial charge in [0.15, 0.2) is 0 Å². The van der Waals surface area contributed by atoms with Crippen LogP contribution in [0.15, 0.2) is 48.8 Å². The number of aromatic nitrogens is 3. The Morgan fingerprint density at radius 3 is 2.43 bits per heavy atom. The van der Waals surface area contributed by atoms with Gasteiger partial charge in [-0.2, -0.15) is 0 Å². The molecule has 6 heteroatoms. The van der Waals surface area contributed by atoms with Crippen molar-refractivity contribution < 1.29 is 0 Å². The number of nitrogens with zero attached hydrogens (tertiary/aromatic N) is 4. The van der Waals surface area contributed by atoms with E-state index in [1.165, 1.54) is 31.5 Å². The van der Waals surface area contributed by atoms with Crippen molar-refractivity contribution in [2.24, 2.45) is 0 Å². The first-order valence-corrected chi connectivity index (χ1v) is 9.81. The lowest BCUT2D eigenvalue weighted by atomic mass is 10.0. The van der Waals surface area contributed by atoms with Gasteiger partial charge in [0.25, 0.3) is 0 Å². The second kappa shape index (κ2) is 8.35. The van der Waals surface area contributed by atoms with Crippen LogP contribution in [-0.2, 0) is 0 Å². The third-order valence-corrected chi connectivity index (χ3v) is 5.12. The number of nitrogens with two attached hydrogens (primary N) is 1. The summed E-state index contributed by atoms with van der Waals surface area (Å²) in [5.41, 5.74) is 10.8. The number of hydrogen-bond donors (Lipinski definition) is 2. The largest absolute Gasteiger partial charge is 0.384 e. The van der Waals surface area contributed by atoms with E-state index in [2.05, 4.69) is 51.4 Å². The topological polar surface area (TPSA) is 80.0 Å². The summed E-state index contributed by atoms with van der Waals surface area (Å²) in [5.74, 6) is 1.16. The summed E-state index contributed by atoms with van der Waals surface area (Å²) in [7, 11) is 0. The molecule has 1 aliphatic rings. The summed E-state index contributed by atoms with van der Waals surface area (Å²) in [6, 6.07) is 12.2. The highest BCUT2D eigenvalue weighted by atomic mass is 15.2. The van der Waals surface area contributed by atoms with E-state index in [9.17, 15) is 0 Å². The van der Waals surface area contributed by atoms with Crippen LogP contribution in [0.2, 0.25) is 0 Å². The first-order chi connectivity index (χ1) is 13.7. The normalized spacial score (nSPS) is 14.3. The molecule has 3 aromatic rings. The van der Waals surface area contributed by atoms with Gasteiger partial charge in [0.1, 0.15) is 5.82 Å². The Bertz CT molecular complexity index is 915. The predicted molar refractivity (Wildman–Crippen MR) is 114 cm³/mol. The standard InChI is InChI=1S/C22H26N6/c1-16-4-6-17(7-5-16)21-19(18-8-9-20(23)25-14-18)15-26-22(27-21)24-10-13-28-11-2-3-12-28/h4-9,14-15H,2-3,10-13H2,1H3,(H2,23,25)(H,24,26,27). The summed E-state index contributed by atoms with van der Waals surface area (Å²) in [4.78, 5) is 16.1. The SMILES string of the molecule is Cc1ccc(-c2nc(NCCN3CCCC3)ncc2-c2ccc(N)nc2)cc1. The van der Waals surface area contributed by atoms with Crippen molar-refractivity contribution in [2.75, 3.05) is 37.2 Å². The van der Waals surface area contributed by atoms with E-state index in [0.29, 0.717) is 11.8 Å². The summed E-state index contributed by atoms with van der Waals surface area (Å²) in [6.45, 7) is 6.34. The minimum Gasteiger partial charge on any atom is -0.384 e. The van der Waals surface area contributed by atoms with Gasteiger partial charge in [0.2, 0.25) is 5.95 Å². The highest BCUT2D eigenvalue weighted by Crippen LogP contribution is 2.31. The van der Waals surface area contributed by atoms with Crippen molar-refractivity contribution in [3.05, 3.63) is 54.4 Å². The molecule has 1 aromatic carbocycles. The fraction of sp³-hybridized carbons (Fsp3) is 0.318. The van der Waals surface area contributed by atoms with Crippen LogP contribution in [0.25, 0.3) is 22.4 Å². The molecule has 144 valence electrons. The fourth-order valence-corrected chi connectivity index (χ4v) is 3.51. The second-order valence-electron chi connectivity index (χ2n) is 7.27. The number of nitrogen functional groups attached to an aromatic ring is 1. The molecule has 6 nitrogen and oxygen atoms in total. The van der Waals surface area contributed by atoms with Gasteiger partial charge >= 0.3 is 0 Å². The first kappa shape index (κ1) is 18.4. The van der Waals surface area contributed by atoms with Crippen LogP contribution in [0, 0.1) is 6.92 Å². The molecule has 0 unspecified atom stereocenters. The van der Waals surface area contributed by atoms with E-state index in [1.54, 1.807) is 12.3 Å². The second-order valence-corrected chi connectivity index (χ2v) is 7.27. The molecule has 0 amide bonds. The number of nitrogens with one attached hydrogen (secondary N) is 1. The molecule has 3 heterocycles. The monoisotopic (exact) mass is 374 g/mol. The van der Waals surface area contributed by atoms with Gasteiger partial charge in [-0.05, 0) is 45.0 Å². The zero-order valence-corrected chi connectivity index (χ0v) is 16.2. The number of hydrogen-bond acceptors (Lipinski definition) is 6. The first-order valence-electron chi connectivity index (χ1n) is 9.81. The van der Waals surface area contributed by atoms with Crippen LogP contribution >= 0.6 is 0 Å². The van der Waals surface area contributed by atoms with Gasteiger partial charge < -0.3 is 16.0 Å². The maximum absolute atomic E-state index is 5.74. The fourth-order valence-electron chi connectivity index (χ4n) is 3.51. The van der Waals surface area contributed by atoms with Gasteiger partial charge in [0.05, 0.1) is 5.69 Å². The van der Waals surface area contributed by atoms with Crippen LogP contribution in [-0.4, -0.2) is 46.0 Å². The van der Waals surface area contributed by atoms with Gasteiger partial charge in [-0.25, -0.2) is 15.0 Å². The molecule has 0 bridgehead atoms. The van der Waals surface area contributed by atoms with E-state index in [1.807, 2.05) is 12.3 Å². The molecule has 3 N–H and O–H groups in total. The lowest BCUT2D eigenvalue weighted by molar-refractivity contribution is 0.352. The minimum atomic E-state index is 0.502. The average Bonchev–Trinajstić information content (AvgIpc) is 3.23. The Balaban J connectivity index is 1.61. The molecule has 2 aromatic heterocycles. The molecule has 1 saturated heterocycles. The Morgan fingerprint density at radius 1 is 0.964 bits per heavy atom. The quantitative estimate of drug-likeness (QED) is 0.686. The van der Waals surface area contributed by atoms with Crippen LogP contribution in [0.4, 0.5) is 11.8 Å². The van der Waals surface area contributed by atoms with E-state index < -0.39 is 0 Å². The van der Waals surface area contributed by atoms with E-state index >= 15 is 0 Å². The Kier molecular flexibility index (Phi) is 5.48. The predicted octanol–water partition coefficient (Wildman–Crippen LogP) is 3.60. The molecule has 0 aliphatic carbocycles. The molecule has 0 spiro atoms. The molecule has 1 aliphatic heterocycles. The third kappa shape index (κ3) is 4.28. The van der Waals surface area contributed by atoms with Crippen LogP contribution in [0.1, 0.15) is 18.4 Å². The number of rotatable bonds is 6. The maximum atomic E-state index is 5.74. The van der Waals surface area contributed by atoms with Crippen LogP contribution in [0.5, 0.6) is 0 Å². The van der Waals surface area contributed by atoms with Gasteiger partial charge in [-0.1, -0.05) is 29.8 Å². The number of anilines is 2. The lowest BCUT2D eigenvalue weighted by Gasteiger charge is -2.16. The van der Waals surface area contributed by atoms with Crippen molar-refractivity contribution >= 4 is 11.8 Å². The number of aryl methyl sites for hydroxylation is 1. The molecular formula is C22H26N6. The van der Waals surface area contributed by atoms with Gasteiger partial charge in [-0.3, -0.25) is 0 Å². The van der Waals surface area contributed by atoms with E-state index in [-0.39, 0.29) is 0 Å². The molecule has 4 rings (SSSR count). The van der Waals surface area contributed by atoms with Crippen molar-refractivity contribution in [2.45, 2.75) is 19.8 Å². The van der Waals surface area contributed by atoms with Gasteiger partial charge in [-0.15, -0.1) is 0 Å². The van der Waals surface area contributed by atoms with Crippen molar-refractivity contribution in [3.63, 3.8) is 0 Å². The zero-order chi connectivity index (χ0) is 19.3. The summed E-state index contributed by atoms with van der Waals surface area (Å²) >= 11 is 0. The Hall–Kier alpha value is -2.99. The highest BCUT2D eigenvalue weighted by Gasteiger charge is 2.14. The summed E-state index contributed by atoms with van der Waals surface area (Å²) in [6.07, 6.45) is 6.25. The molecule has 28 heavy (non-hydrogen) atoms. The smallest absolute Gasteiger partial charge is 0.223 e. The number of pyridine rings is 1. The number of benzene rings is 1. The highest BCUT2D eigenvalue weighted by molar-refractivity contribution is 5.80. The maximum Gasteiger partial charge on any atom is 0.223 e. The van der Waals surface area contributed by atoms with Crippen molar-refractivity contribution in [1.29, 1.82) is 0 Å². The Labute approximate surface area is 165 Å². The minimum absolute atomic E-state index is 0.502. The molecular weight excluding hydrogens is 348 g/mol. The van der Waals surface area contributed by atoms with E-state index in [4.69, 9.17) is 10.7 Å². The van der Waals surface area contributed by atoms with Crippen LogP contribution < -0.4 is 11.1 Å². The molecule has 0 atom stereocenters. The van der Waals surface area contributed by atoms with Crippen LogP contribution in [0.3, 0.4) is 0 Å². The van der Waals surface area contributed by atoms with Gasteiger partial charge in [0, 0.05) is 42.2 Å². The van der Waals surface area contributed by atoms with Crippen molar-refractivity contribution in [3.8, 4) is 22.4 Å². The molecule has 0 radical (unpaired) electrons. The molecule has 0 saturated carbocycles. The molecule has 1 fully saturated rings. The Morgan fingerprint density at radius 2 is 1.71 bits per heavy atom. The number of likely N-dealkylation sites (tertiary alicyclic amines) is 1. The average molecular weight is 374 g/mol. The lowest BCUT2D eigenvalue weighted by Crippen LogP contribution is -2.26. The summed E-state index contributed by atoms with van der Waals surface area (Å²) < 4.78 is 0.